The lowest BCUT2D eigenvalue weighted by Crippen LogP contribution is -2.20. The highest BCUT2D eigenvalue weighted by molar-refractivity contribution is 5.73. The number of aryl methyl sites for hydroxylation is 1. The fraction of sp³-hybridized carbons (Fsp3) is 0.0952. The van der Waals surface area contributed by atoms with Crippen molar-refractivity contribution in [3.8, 4) is 28.7 Å². The average molecular weight is 315 g/mol. The van der Waals surface area contributed by atoms with Gasteiger partial charge >= 0.3 is 0 Å². The molecule has 3 nitrogen and oxygen atoms in total. The van der Waals surface area contributed by atoms with Gasteiger partial charge in [0, 0.05) is 24.4 Å². The van der Waals surface area contributed by atoms with Crippen LogP contribution in [0.15, 0.2) is 71.7 Å². The number of ether oxygens (including phenoxy) is 1. The van der Waals surface area contributed by atoms with Gasteiger partial charge in [0.1, 0.15) is 11.3 Å². The molecule has 2 aromatic carbocycles. The van der Waals surface area contributed by atoms with Gasteiger partial charge in [0.25, 0.3) is 5.56 Å². The van der Waals surface area contributed by atoms with Crippen molar-refractivity contribution in [2.75, 3.05) is 7.11 Å². The molecule has 0 N–H and O–H groups in total. The summed E-state index contributed by atoms with van der Waals surface area (Å²) in [6, 6.07) is 19.4. The molecular formula is C21H17NO2. The molecular weight excluding hydrogens is 298 g/mol. The van der Waals surface area contributed by atoms with Crippen LogP contribution in [0.25, 0.3) is 11.1 Å². The largest absolute Gasteiger partial charge is 0.495 e. The summed E-state index contributed by atoms with van der Waals surface area (Å²) in [5, 5.41) is 0. The van der Waals surface area contributed by atoms with Crippen LogP contribution in [0, 0.1) is 11.8 Å². The first-order valence-electron chi connectivity index (χ1n) is 7.61. The van der Waals surface area contributed by atoms with Crippen molar-refractivity contribution >= 4 is 0 Å². The van der Waals surface area contributed by atoms with Crippen LogP contribution < -0.4 is 10.3 Å². The van der Waals surface area contributed by atoms with Gasteiger partial charge < -0.3 is 9.30 Å². The number of pyridine rings is 1. The third-order valence-corrected chi connectivity index (χ3v) is 3.72. The molecule has 3 rings (SSSR count). The van der Waals surface area contributed by atoms with E-state index in [4.69, 9.17) is 4.74 Å². The second kappa shape index (κ2) is 6.89. The minimum atomic E-state index is -0.171. The molecule has 0 aliphatic carbocycles. The summed E-state index contributed by atoms with van der Waals surface area (Å²) in [6.07, 6.45) is 1.78. The van der Waals surface area contributed by atoms with Crippen molar-refractivity contribution in [2.45, 2.75) is 0 Å². The van der Waals surface area contributed by atoms with E-state index in [2.05, 4.69) is 11.8 Å². The van der Waals surface area contributed by atoms with Crippen molar-refractivity contribution in [1.29, 1.82) is 0 Å². The van der Waals surface area contributed by atoms with Crippen molar-refractivity contribution in [1.82, 2.24) is 4.57 Å². The van der Waals surface area contributed by atoms with Crippen LogP contribution in [0.2, 0.25) is 0 Å². The zero-order valence-corrected chi connectivity index (χ0v) is 13.6. The molecule has 0 bridgehead atoms. The summed E-state index contributed by atoms with van der Waals surface area (Å²) in [4.78, 5) is 12.5. The van der Waals surface area contributed by atoms with Crippen molar-refractivity contribution in [3.05, 3.63) is 88.3 Å². The number of aromatic nitrogens is 1. The van der Waals surface area contributed by atoms with E-state index < -0.39 is 0 Å². The molecule has 3 heteroatoms. The van der Waals surface area contributed by atoms with Gasteiger partial charge in [-0.25, -0.2) is 0 Å². The topological polar surface area (TPSA) is 31.2 Å². The van der Waals surface area contributed by atoms with Crippen molar-refractivity contribution < 1.29 is 4.74 Å². The van der Waals surface area contributed by atoms with Gasteiger partial charge in [-0.3, -0.25) is 4.79 Å². The Kier molecular flexibility index (Phi) is 4.49. The molecule has 0 saturated heterocycles. The van der Waals surface area contributed by atoms with Crippen LogP contribution >= 0.6 is 0 Å². The van der Waals surface area contributed by atoms with Gasteiger partial charge in [-0.15, -0.1) is 0 Å². The summed E-state index contributed by atoms with van der Waals surface area (Å²) in [7, 11) is 3.29. The van der Waals surface area contributed by atoms with Crippen molar-refractivity contribution in [3.63, 3.8) is 0 Å². The molecule has 0 radical (unpaired) electrons. The molecule has 0 aliphatic heterocycles. The third kappa shape index (κ3) is 3.09. The Morgan fingerprint density at radius 2 is 1.54 bits per heavy atom. The number of benzene rings is 2. The molecule has 1 heterocycles. The lowest BCUT2D eigenvalue weighted by Gasteiger charge is -2.12. The summed E-state index contributed by atoms with van der Waals surface area (Å²) < 4.78 is 7.08. The normalized spacial score (nSPS) is 9.92. The minimum Gasteiger partial charge on any atom is -0.495 e. The molecule has 0 saturated carbocycles. The second-order valence-electron chi connectivity index (χ2n) is 5.35. The van der Waals surface area contributed by atoms with Gasteiger partial charge in [-0.1, -0.05) is 60.4 Å². The Morgan fingerprint density at radius 1 is 0.917 bits per heavy atom. The van der Waals surface area contributed by atoms with Crippen LogP contribution in [-0.4, -0.2) is 11.7 Å². The first kappa shape index (κ1) is 15.6. The Morgan fingerprint density at radius 3 is 2.17 bits per heavy atom. The monoisotopic (exact) mass is 315 g/mol. The highest BCUT2D eigenvalue weighted by Gasteiger charge is 2.15. The molecule has 3 aromatic rings. The van der Waals surface area contributed by atoms with E-state index in [0.29, 0.717) is 11.3 Å². The van der Waals surface area contributed by atoms with Crippen LogP contribution in [0.3, 0.4) is 0 Å². The Hall–Kier alpha value is -3.25. The van der Waals surface area contributed by atoms with E-state index >= 15 is 0 Å². The maximum atomic E-state index is 12.5. The third-order valence-electron chi connectivity index (χ3n) is 3.72. The Balaban J connectivity index is 2.21. The number of methoxy groups -OCH3 is 1. The van der Waals surface area contributed by atoms with Gasteiger partial charge in [-0.05, 0) is 17.7 Å². The molecule has 0 amide bonds. The lowest BCUT2D eigenvalue weighted by molar-refractivity contribution is 0.413. The smallest absolute Gasteiger partial charge is 0.269 e. The maximum absolute atomic E-state index is 12.5. The SMILES string of the molecule is COc1c(-c2ccccc2)cn(C)c(=O)c1C#Cc1ccccc1. The highest BCUT2D eigenvalue weighted by Crippen LogP contribution is 2.30. The van der Waals surface area contributed by atoms with Crippen LogP contribution in [0.4, 0.5) is 0 Å². The predicted molar refractivity (Wildman–Crippen MR) is 96.1 cm³/mol. The highest BCUT2D eigenvalue weighted by atomic mass is 16.5. The van der Waals surface area contributed by atoms with Crippen LogP contribution in [-0.2, 0) is 7.05 Å². The van der Waals surface area contributed by atoms with Crippen LogP contribution in [0.5, 0.6) is 5.75 Å². The number of nitrogens with zero attached hydrogens (tertiary/aromatic N) is 1. The predicted octanol–water partition coefficient (Wildman–Crippen LogP) is 3.46. The number of rotatable bonds is 2. The molecule has 118 valence electrons. The van der Waals surface area contributed by atoms with E-state index in [-0.39, 0.29) is 5.56 Å². The quantitative estimate of drug-likeness (QED) is 0.678. The van der Waals surface area contributed by atoms with Gasteiger partial charge in [-0.2, -0.15) is 0 Å². The Labute approximate surface area is 141 Å². The standard InChI is InChI=1S/C21H17NO2/c1-22-15-19(17-11-7-4-8-12-17)20(24-2)18(21(22)23)14-13-16-9-5-3-6-10-16/h3-12,15H,1-2H3. The molecule has 0 spiro atoms. The summed E-state index contributed by atoms with van der Waals surface area (Å²) >= 11 is 0. The van der Waals surface area contributed by atoms with E-state index in [1.807, 2.05) is 60.7 Å². The van der Waals surface area contributed by atoms with Gasteiger partial charge in [0.2, 0.25) is 0 Å². The summed E-state index contributed by atoms with van der Waals surface area (Å²) in [6.45, 7) is 0. The second-order valence-corrected chi connectivity index (χ2v) is 5.35. The van der Waals surface area contributed by atoms with Crippen molar-refractivity contribution in [2.24, 2.45) is 7.05 Å². The first-order chi connectivity index (χ1) is 11.7. The zero-order valence-electron chi connectivity index (χ0n) is 13.6. The van der Waals surface area contributed by atoms with Gasteiger partial charge in [0.05, 0.1) is 7.11 Å². The summed E-state index contributed by atoms with van der Waals surface area (Å²) in [5.41, 5.74) is 2.87. The van der Waals surface area contributed by atoms with E-state index in [0.717, 1.165) is 16.7 Å². The van der Waals surface area contributed by atoms with Gasteiger partial charge in [0.15, 0.2) is 0 Å². The first-order valence-corrected chi connectivity index (χ1v) is 7.61. The molecule has 0 unspecified atom stereocenters. The van der Waals surface area contributed by atoms with E-state index in [1.165, 1.54) is 0 Å². The lowest BCUT2D eigenvalue weighted by atomic mass is 10.0. The van der Waals surface area contributed by atoms with E-state index in [9.17, 15) is 4.79 Å². The fourth-order valence-corrected chi connectivity index (χ4v) is 2.52. The maximum Gasteiger partial charge on any atom is 0.269 e. The zero-order chi connectivity index (χ0) is 16.9. The Bertz CT molecular complexity index is 962. The molecule has 0 aliphatic rings. The molecule has 24 heavy (non-hydrogen) atoms. The molecule has 0 fully saturated rings. The fourth-order valence-electron chi connectivity index (χ4n) is 2.52. The number of hydrogen-bond donors (Lipinski definition) is 0. The summed E-state index contributed by atoms with van der Waals surface area (Å²) in [5.74, 6) is 6.54. The van der Waals surface area contributed by atoms with E-state index in [1.54, 1.807) is 24.9 Å². The molecule has 1 aromatic heterocycles. The average Bonchev–Trinajstić information content (AvgIpc) is 2.64. The molecule has 0 atom stereocenters. The minimum absolute atomic E-state index is 0.171. The number of hydrogen-bond acceptors (Lipinski definition) is 2. The van der Waals surface area contributed by atoms with Crippen LogP contribution in [0.1, 0.15) is 11.1 Å².